The molecule has 0 aromatic rings. The minimum Gasteiger partial charge on any atom is -0.390 e. The van der Waals surface area contributed by atoms with Crippen LogP contribution in [0.2, 0.25) is 0 Å². The molecule has 3 nitrogen and oxygen atoms in total. The fraction of sp³-hybridized carbons (Fsp3) is 1.00. The third-order valence-electron chi connectivity index (χ3n) is 3.83. The van der Waals surface area contributed by atoms with Crippen molar-refractivity contribution in [2.24, 2.45) is 5.92 Å². The molecule has 2 aliphatic heterocycles. The van der Waals surface area contributed by atoms with E-state index in [0.717, 1.165) is 31.6 Å². The van der Waals surface area contributed by atoms with E-state index in [0.29, 0.717) is 12.5 Å². The maximum atomic E-state index is 10.3. The lowest BCUT2D eigenvalue weighted by Gasteiger charge is -2.39. The van der Waals surface area contributed by atoms with Crippen LogP contribution in [0.1, 0.15) is 40.0 Å². The maximum Gasteiger partial charge on any atom is 0.0803 e. The summed E-state index contributed by atoms with van der Waals surface area (Å²) in [6.45, 7) is 7.31. The predicted molar refractivity (Wildman–Crippen MR) is 75.1 cm³/mol. The first kappa shape index (κ1) is 14.6. The molecule has 4 heteroatoms. The standard InChI is InChI=1S/C14H26O3S/c1-13(2,3)17-9-12(15)11-4-6-16-14(8-11)5-7-18-10-14/h11-12,15H,4-10H2,1-3H3. The van der Waals surface area contributed by atoms with Crippen molar-refractivity contribution in [1.29, 1.82) is 0 Å². The highest BCUT2D eigenvalue weighted by Gasteiger charge is 2.42. The molecule has 2 rings (SSSR count). The Labute approximate surface area is 115 Å². The van der Waals surface area contributed by atoms with Crippen LogP contribution in [0, 0.1) is 5.92 Å². The molecule has 2 heterocycles. The zero-order valence-electron chi connectivity index (χ0n) is 11.8. The third kappa shape index (κ3) is 3.86. The molecule has 0 aromatic heterocycles. The largest absolute Gasteiger partial charge is 0.390 e. The highest BCUT2D eigenvalue weighted by Crippen LogP contribution is 2.41. The summed E-state index contributed by atoms with van der Waals surface area (Å²) in [5, 5.41) is 10.3. The topological polar surface area (TPSA) is 38.7 Å². The van der Waals surface area contributed by atoms with E-state index >= 15 is 0 Å². The summed E-state index contributed by atoms with van der Waals surface area (Å²) in [7, 11) is 0. The fourth-order valence-electron chi connectivity index (χ4n) is 2.73. The quantitative estimate of drug-likeness (QED) is 0.858. The number of rotatable bonds is 3. The van der Waals surface area contributed by atoms with Crippen molar-refractivity contribution < 1.29 is 14.6 Å². The molecule has 3 atom stereocenters. The van der Waals surface area contributed by atoms with Gasteiger partial charge in [0.1, 0.15) is 0 Å². The van der Waals surface area contributed by atoms with Gasteiger partial charge in [0, 0.05) is 12.4 Å². The molecule has 106 valence electrons. The Morgan fingerprint density at radius 2 is 2.28 bits per heavy atom. The fourth-order valence-corrected chi connectivity index (χ4v) is 4.11. The van der Waals surface area contributed by atoms with Gasteiger partial charge in [-0.3, -0.25) is 0 Å². The average molecular weight is 274 g/mol. The normalized spacial score (nSPS) is 35.0. The van der Waals surface area contributed by atoms with E-state index in [9.17, 15) is 5.11 Å². The highest BCUT2D eigenvalue weighted by atomic mass is 32.2. The van der Waals surface area contributed by atoms with Crippen molar-refractivity contribution in [2.75, 3.05) is 24.7 Å². The van der Waals surface area contributed by atoms with Crippen molar-refractivity contribution in [2.45, 2.75) is 57.3 Å². The van der Waals surface area contributed by atoms with Crippen LogP contribution in [-0.4, -0.2) is 47.1 Å². The molecular weight excluding hydrogens is 248 g/mol. The summed E-state index contributed by atoms with van der Waals surface area (Å²) in [6, 6.07) is 0. The molecule has 0 amide bonds. The lowest BCUT2D eigenvalue weighted by molar-refractivity contribution is -0.123. The molecular formula is C14H26O3S. The van der Waals surface area contributed by atoms with Gasteiger partial charge in [-0.2, -0.15) is 11.8 Å². The van der Waals surface area contributed by atoms with Crippen LogP contribution in [0.15, 0.2) is 0 Å². The molecule has 0 bridgehead atoms. The zero-order valence-corrected chi connectivity index (χ0v) is 12.6. The Kier molecular flexibility index (Phi) is 4.63. The first-order chi connectivity index (χ1) is 8.40. The predicted octanol–water partition coefficient (Wildman–Crippen LogP) is 2.46. The second-order valence-electron chi connectivity index (χ2n) is 6.58. The van der Waals surface area contributed by atoms with Gasteiger partial charge < -0.3 is 14.6 Å². The maximum absolute atomic E-state index is 10.3. The van der Waals surface area contributed by atoms with E-state index in [4.69, 9.17) is 9.47 Å². The number of hydrogen-bond donors (Lipinski definition) is 1. The Balaban J connectivity index is 1.84. The molecule has 0 aromatic carbocycles. The van der Waals surface area contributed by atoms with Gasteiger partial charge in [0.05, 0.1) is 23.9 Å². The number of ether oxygens (including phenoxy) is 2. The zero-order chi connectivity index (χ0) is 13.2. The van der Waals surface area contributed by atoms with Gasteiger partial charge in [0.25, 0.3) is 0 Å². The molecule has 2 fully saturated rings. The van der Waals surface area contributed by atoms with Crippen molar-refractivity contribution in [3.8, 4) is 0 Å². The lowest BCUT2D eigenvalue weighted by Crippen LogP contribution is -2.44. The van der Waals surface area contributed by atoms with Crippen LogP contribution in [-0.2, 0) is 9.47 Å². The summed E-state index contributed by atoms with van der Waals surface area (Å²) in [5.74, 6) is 2.62. The van der Waals surface area contributed by atoms with E-state index in [-0.39, 0.29) is 17.3 Å². The van der Waals surface area contributed by atoms with Gasteiger partial charge in [0.2, 0.25) is 0 Å². The average Bonchev–Trinajstić information content (AvgIpc) is 2.73. The van der Waals surface area contributed by atoms with Crippen LogP contribution in [0.25, 0.3) is 0 Å². The van der Waals surface area contributed by atoms with Crippen LogP contribution in [0.4, 0.5) is 0 Å². The molecule has 1 N–H and O–H groups in total. The van der Waals surface area contributed by atoms with Crippen LogP contribution >= 0.6 is 11.8 Å². The Morgan fingerprint density at radius 3 is 2.89 bits per heavy atom. The Bertz CT molecular complexity index is 269. The van der Waals surface area contributed by atoms with Crippen LogP contribution < -0.4 is 0 Å². The molecule has 2 aliphatic rings. The molecule has 3 unspecified atom stereocenters. The van der Waals surface area contributed by atoms with Crippen molar-refractivity contribution in [3.63, 3.8) is 0 Å². The molecule has 0 saturated carbocycles. The van der Waals surface area contributed by atoms with E-state index in [1.165, 1.54) is 5.75 Å². The van der Waals surface area contributed by atoms with Gasteiger partial charge in [-0.15, -0.1) is 0 Å². The second-order valence-corrected chi connectivity index (χ2v) is 7.68. The minimum absolute atomic E-state index is 0.0519. The number of thioether (sulfide) groups is 1. The summed E-state index contributed by atoms with van der Waals surface area (Å²) in [6.07, 6.45) is 2.74. The minimum atomic E-state index is -0.351. The van der Waals surface area contributed by atoms with Crippen molar-refractivity contribution in [3.05, 3.63) is 0 Å². The SMILES string of the molecule is CC(C)(C)OCC(O)C1CCOC2(CCSC2)C1. The van der Waals surface area contributed by atoms with Gasteiger partial charge in [-0.1, -0.05) is 0 Å². The molecule has 18 heavy (non-hydrogen) atoms. The Hall–Kier alpha value is 0.230. The molecule has 0 radical (unpaired) electrons. The molecule has 0 aliphatic carbocycles. The van der Waals surface area contributed by atoms with Gasteiger partial charge in [-0.05, 0) is 51.7 Å². The first-order valence-electron chi connectivity index (χ1n) is 6.94. The van der Waals surface area contributed by atoms with Crippen molar-refractivity contribution in [1.82, 2.24) is 0 Å². The van der Waals surface area contributed by atoms with Crippen LogP contribution in [0.5, 0.6) is 0 Å². The summed E-state index contributed by atoms with van der Waals surface area (Å²) in [5.41, 5.74) is -0.122. The molecule has 1 spiro atoms. The molecule has 2 saturated heterocycles. The first-order valence-corrected chi connectivity index (χ1v) is 8.09. The Morgan fingerprint density at radius 1 is 1.50 bits per heavy atom. The van der Waals surface area contributed by atoms with Gasteiger partial charge in [-0.25, -0.2) is 0 Å². The highest BCUT2D eigenvalue weighted by molar-refractivity contribution is 7.99. The van der Waals surface area contributed by atoms with E-state index in [1.807, 2.05) is 32.5 Å². The van der Waals surface area contributed by atoms with E-state index in [2.05, 4.69) is 0 Å². The summed E-state index contributed by atoms with van der Waals surface area (Å²) >= 11 is 1.97. The van der Waals surface area contributed by atoms with Gasteiger partial charge in [0.15, 0.2) is 0 Å². The smallest absolute Gasteiger partial charge is 0.0803 e. The summed E-state index contributed by atoms with van der Waals surface area (Å²) in [4.78, 5) is 0. The third-order valence-corrected chi connectivity index (χ3v) is 5.05. The monoisotopic (exact) mass is 274 g/mol. The summed E-state index contributed by atoms with van der Waals surface area (Å²) < 4.78 is 11.7. The number of hydrogen-bond acceptors (Lipinski definition) is 4. The lowest BCUT2D eigenvalue weighted by atomic mass is 9.82. The van der Waals surface area contributed by atoms with E-state index < -0.39 is 0 Å². The second kappa shape index (κ2) is 5.70. The van der Waals surface area contributed by atoms with E-state index in [1.54, 1.807) is 0 Å². The number of aliphatic hydroxyl groups excluding tert-OH is 1. The van der Waals surface area contributed by atoms with Crippen LogP contribution in [0.3, 0.4) is 0 Å². The number of aliphatic hydroxyl groups is 1. The van der Waals surface area contributed by atoms with Crippen molar-refractivity contribution >= 4 is 11.8 Å². The van der Waals surface area contributed by atoms with Gasteiger partial charge >= 0.3 is 0 Å².